The van der Waals surface area contributed by atoms with Gasteiger partial charge in [0.25, 0.3) is 0 Å². The SMILES string of the molecule is CCCNC(C)c1cccnc1N1CC(C)CC(C)C1. The fraction of sp³-hybridized carbons (Fsp3) is 0.706. The van der Waals surface area contributed by atoms with Crippen molar-refractivity contribution in [3.8, 4) is 0 Å². The third-order valence-corrected chi connectivity index (χ3v) is 4.15. The molecule has 3 heteroatoms. The minimum absolute atomic E-state index is 0.367. The highest BCUT2D eigenvalue weighted by Gasteiger charge is 2.25. The Balaban J connectivity index is 2.18. The van der Waals surface area contributed by atoms with Crippen LogP contribution in [-0.4, -0.2) is 24.6 Å². The van der Waals surface area contributed by atoms with E-state index in [-0.39, 0.29) is 0 Å². The molecule has 0 spiro atoms. The number of hydrogen-bond donors (Lipinski definition) is 1. The number of piperidine rings is 1. The van der Waals surface area contributed by atoms with Gasteiger partial charge >= 0.3 is 0 Å². The average Bonchev–Trinajstić information content (AvgIpc) is 2.43. The van der Waals surface area contributed by atoms with Crippen molar-refractivity contribution in [2.45, 2.75) is 46.6 Å². The molecule has 3 nitrogen and oxygen atoms in total. The summed E-state index contributed by atoms with van der Waals surface area (Å²) in [7, 11) is 0. The maximum absolute atomic E-state index is 4.69. The van der Waals surface area contributed by atoms with Crippen LogP contribution in [0.15, 0.2) is 18.3 Å². The molecular weight excluding hydrogens is 246 g/mol. The molecule has 1 N–H and O–H groups in total. The maximum atomic E-state index is 4.69. The topological polar surface area (TPSA) is 28.2 Å². The minimum atomic E-state index is 0.367. The number of anilines is 1. The molecule has 0 aromatic carbocycles. The summed E-state index contributed by atoms with van der Waals surface area (Å²) in [5.74, 6) is 2.70. The van der Waals surface area contributed by atoms with E-state index in [1.807, 2.05) is 6.20 Å². The molecule has 3 unspecified atom stereocenters. The second kappa shape index (κ2) is 7.07. The fourth-order valence-corrected chi connectivity index (χ4v) is 3.32. The molecule has 1 aliphatic heterocycles. The van der Waals surface area contributed by atoms with Gasteiger partial charge in [0.2, 0.25) is 0 Å². The zero-order valence-corrected chi connectivity index (χ0v) is 13.4. The average molecular weight is 275 g/mol. The lowest BCUT2D eigenvalue weighted by Crippen LogP contribution is -2.40. The van der Waals surface area contributed by atoms with Crippen LogP contribution in [0.4, 0.5) is 5.82 Å². The molecule has 0 amide bonds. The van der Waals surface area contributed by atoms with E-state index in [0.717, 1.165) is 37.9 Å². The van der Waals surface area contributed by atoms with Gasteiger partial charge in [0.1, 0.15) is 5.82 Å². The van der Waals surface area contributed by atoms with Gasteiger partial charge in [0.05, 0.1) is 0 Å². The van der Waals surface area contributed by atoms with Crippen LogP contribution in [0.5, 0.6) is 0 Å². The molecule has 1 aromatic heterocycles. The second-order valence-corrected chi connectivity index (χ2v) is 6.44. The molecule has 112 valence electrons. The van der Waals surface area contributed by atoms with Crippen molar-refractivity contribution >= 4 is 5.82 Å². The summed E-state index contributed by atoms with van der Waals surface area (Å²) in [5.41, 5.74) is 1.34. The van der Waals surface area contributed by atoms with Gasteiger partial charge in [-0.15, -0.1) is 0 Å². The van der Waals surface area contributed by atoms with Gasteiger partial charge in [-0.2, -0.15) is 0 Å². The predicted octanol–water partition coefficient (Wildman–Crippen LogP) is 3.62. The van der Waals surface area contributed by atoms with Gasteiger partial charge in [-0.3, -0.25) is 0 Å². The van der Waals surface area contributed by atoms with Crippen molar-refractivity contribution in [2.24, 2.45) is 11.8 Å². The highest BCUT2D eigenvalue weighted by Crippen LogP contribution is 2.29. The Morgan fingerprint density at radius 3 is 2.70 bits per heavy atom. The summed E-state index contributed by atoms with van der Waals surface area (Å²) in [6.07, 6.45) is 4.43. The Morgan fingerprint density at radius 2 is 2.05 bits per heavy atom. The summed E-state index contributed by atoms with van der Waals surface area (Å²) >= 11 is 0. The summed E-state index contributed by atoms with van der Waals surface area (Å²) in [5, 5.41) is 3.58. The van der Waals surface area contributed by atoms with Crippen molar-refractivity contribution in [1.29, 1.82) is 0 Å². The highest BCUT2D eigenvalue weighted by molar-refractivity contribution is 5.48. The molecule has 20 heavy (non-hydrogen) atoms. The number of aromatic nitrogens is 1. The van der Waals surface area contributed by atoms with Crippen LogP contribution in [0.25, 0.3) is 0 Å². The van der Waals surface area contributed by atoms with E-state index in [0.29, 0.717) is 6.04 Å². The first-order valence-electron chi connectivity index (χ1n) is 8.05. The molecule has 1 saturated heterocycles. The van der Waals surface area contributed by atoms with Crippen molar-refractivity contribution in [3.05, 3.63) is 23.9 Å². The van der Waals surface area contributed by atoms with Crippen molar-refractivity contribution < 1.29 is 0 Å². The molecule has 3 atom stereocenters. The van der Waals surface area contributed by atoms with E-state index in [1.54, 1.807) is 0 Å². The Morgan fingerprint density at radius 1 is 1.35 bits per heavy atom. The Hall–Kier alpha value is -1.09. The number of rotatable bonds is 5. The Bertz CT molecular complexity index is 408. The van der Waals surface area contributed by atoms with E-state index in [1.165, 1.54) is 17.8 Å². The van der Waals surface area contributed by atoms with Crippen molar-refractivity contribution in [1.82, 2.24) is 10.3 Å². The largest absolute Gasteiger partial charge is 0.356 e. The third-order valence-electron chi connectivity index (χ3n) is 4.15. The molecule has 1 aliphatic rings. The lowest BCUT2D eigenvalue weighted by Gasteiger charge is -2.37. The zero-order valence-electron chi connectivity index (χ0n) is 13.4. The van der Waals surface area contributed by atoms with Gasteiger partial charge in [-0.25, -0.2) is 4.98 Å². The van der Waals surface area contributed by atoms with Crippen LogP contribution < -0.4 is 10.2 Å². The number of nitrogens with zero attached hydrogens (tertiary/aromatic N) is 2. The number of nitrogens with one attached hydrogen (secondary N) is 1. The molecule has 2 rings (SSSR count). The van der Waals surface area contributed by atoms with Gasteiger partial charge in [-0.1, -0.05) is 26.8 Å². The van der Waals surface area contributed by atoms with Gasteiger partial charge in [-0.05, 0) is 44.2 Å². The molecule has 0 aliphatic carbocycles. The Labute approximate surface area is 123 Å². The standard InChI is InChI=1S/C17H29N3/c1-5-8-18-15(4)16-7-6-9-19-17(16)20-11-13(2)10-14(3)12-20/h6-7,9,13-15,18H,5,8,10-12H2,1-4H3. The van der Waals surface area contributed by atoms with Crippen LogP contribution in [0.1, 0.15) is 52.1 Å². The molecular formula is C17H29N3. The van der Waals surface area contributed by atoms with Crippen LogP contribution in [0, 0.1) is 11.8 Å². The summed E-state index contributed by atoms with van der Waals surface area (Å²) < 4.78 is 0. The van der Waals surface area contributed by atoms with Crippen LogP contribution in [-0.2, 0) is 0 Å². The van der Waals surface area contributed by atoms with Gasteiger partial charge in [0.15, 0.2) is 0 Å². The Kier molecular flexibility index (Phi) is 5.41. The summed E-state index contributed by atoms with van der Waals surface area (Å²) in [6.45, 7) is 12.5. The molecule has 0 radical (unpaired) electrons. The number of pyridine rings is 1. The first-order chi connectivity index (χ1) is 9.61. The fourth-order valence-electron chi connectivity index (χ4n) is 3.32. The normalized spacial score (nSPS) is 24.7. The minimum Gasteiger partial charge on any atom is -0.356 e. The van der Waals surface area contributed by atoms with E-state index in [4.69, 9.17) is 0 Å². The lowest BCUT2D eigenvalue weighted by molar-refractivity contribution is 0.354. The van der Waals surface area contributed by atoms with Gasteiger partial charge in [0, 0.05) is 30.9 Å². The predicted molar refractivity (Wildman–Crippen MR) is 86.1 cm³/mol. The van der Waals surface area contributed by atoms with E-state index in [9.17, 15) is 0 Å². The molecule has 1 fully saturated rings. The first kappa shape index (κ1) is 15.3. The summed E-state index contributed by atoms with van der Waals surface area (Å²) in [4.78, 5) is 7.17. The second-order valence-electron chi connectivity index (χ2n) is 6.44. The van der Waals surface area contributed by atoms with Crippen LogP contribution in [0.3, 0.4) is 0 Å². The molecule has 1 aromatic rings. The van der Waals surface area contributed by atoms with Crippen LogP contribution in [0.2, 0.25) is 0 Å². The van der Waals surface area contributed by atoms with Gasteiger partial charge < -0.3 is 10.2 Å². The maximum Gasteiger partial charge on any atom is 0.133 e. The smallest absolute Gasteiger partial charge is 0.133 e. The van der Waals surface area contributed by atoms with E-state index < -0.39 is 0 Å². The highest BCUT2D eigenvalue weighted by atomic mass is 15.2. The summed E-state index contributed by atoms with van der Waals surface area (Å²) in [6, 6.07) is 4.64. The van der Waals surface area contributed by atoms with Crippen LogP contribution >= 0.6 is 0 Å². The quantitative estimate of drug-likeness (QED) is 0.889. The molecule has 0 saturated carbocycles. The monoisotopic (exact) mass is 275 g/mol. The molecule has 2 heterocycles. The van der Waals surface area contributed by atoms with Crippen molar-refractivity contribution in [2.75, 3.05) is 24.5 Å². The first-order valence-corrected chi connectivity index (χ1v) is 8.05. The molecule has 0 bridgehead atoms. The van der Waals surface area contributed by atoms with E-state index in [2.05, 4.69) is 55.0 Å². The van der Waals surface area contributed by atoms with E-state index >= 15 is 0 Å². The zero-order chi connectivity index (χ0) is 14.5. The van der Waals surface area contributed by atoms with Crippen molar-refractivity contribution in [3.63, 3.8) is 0 Å². The third kappa shape index (κ3) is 3.72. The number of hydrogen-bond acceptors (Lipinski definition) is 3. The lowest BCUT2D eigenvalue weighted by atomic mass is 9.91.